The van der Waals surface area contributed by atoms with E-state index >= 15 is 0 Å². The average molecular weight is 407 g/mol. The summed E-state index contributed by atoms with van der Waals surface area (Å²) < 4.78 is 40.0. The van der Waals surface area contributed by atoms with Crippen molar-refractivity contribution in [2.45, 2.75) is 38.6 Å². The molecule has 1 aromatic carbocycles. The first kappa shape index (κ1) is 20.3. The summed E-state index contributed by atoms with van der Waals surface area (Å²) in [6.45, 7) is 6.08. The van der Waals surface area contributed by atoms with Gasteiger partial charge in [0.2, 0.25) is 10.0 Å². The highest BCUT2D eigenvalue weighted by Gasteiger charge is 2.35. The Morgan fingerprint density at radius 1 is 1.25 bits per heavy atom. The number of benzene rings is 1. The summed E-state index contributed by atoms with van der Waals surface area (Å²) in [4.78, 5) is 12.5. The molecular weight excluding hydrogens is 382 g/mol. The highest BCUT2D eigenvalue weighted by molar-refractivity contribution is 7.89. The molecule has 0 bridgehead atoms. The van der Waals surface area contributed by atoms with Gasteiger partial charge in [-0.2, -0.15) is 9.40 Å². The second-order valence-electron chi connectivity index (χ2n) is 6.79. The summed E-state index contributed by atoms with van der Waals surface area (Å²) in [5.41, 5.74) is 3.44. The Kier molecular flexibility index (Phi) is 5.49. The van der Waals surface area contributed by atoms with E-state index in [4.69, 9.17) is 9.47 Å². The number of methoxy groups -OCH3 is 1. The minimum atomic E-state index is -3.81. The molecule has 0 spiro atoms. The molecule has 2 heterocycles. The zero-order valence-corrected chi connectivity index (χ0v) is 17.6. The van der Waals surface area contributed by atoms with Crippen LogP contribution in [0, 0.1) is 13.8 Å². The largest absolute Gasteiger partial charge is 0.495 e. The molecule has 0 aliphatic carbocycles. The van der Waals surface area contributed by atoms with Gasteiger partial charge in [0, 0.05) is 32.1 Å². The number of esters is 1. The van der Waals surface area contributed by atoms with E-state index in [9.17, 15) is 13.2 Å². The highest BCUT2D eigenvalue weighted by Crippen LogP contribution is 2.33. The molecule has 0 atom stereocenters. The van der Waals surface area contributed by atoms with Crippen molar-refractivity contribution in [1.29, 1.82) is 0 Å². The first-order valence-electron chi connectivity index (χ1n) is 9.08. The molecule has 152 valence electrons. The SMILES string of the molecule is CCOC(=O)c1c2c(nn1C)CCN(S(=O)(=O)c1cc(C)c(C)cc1OC)C2. The quantitative estimate of drug-likeness (QED) is 0.704. The van der Waals surface area contributed by atoms with E-state index in [1.807, 2.05) is 13.8 Å². The van der Waals surface area contributed by atoms with Gasteiger partial charge < -0.3 is 9.47 Å². The number of nitrogens with zero attached hydrogens (tertiary/aromatic N) is 3. The number of carbonyl (C=O) groups excluding carboxylic acids is 1. The third-order valence-corrected chi connectivity index (χ3v) is 6.89. The Hall–Kier alpha value is -2.39. The summed E-state index contributed by atoms with van der Waals surface area (Å²) in [5, 5.41) is 4.37. The predicted molar refractivity (Wildman–Crippen MR) is 103 cm³/mol. The first-order valence-corrected chi connectivity index (χ1v) is 10.5. The topological polar surface area (TPSA) is 90.7 Å². The third-order valence-electron chi connectivity index (χ3n) is 5.03. The maximum atomic E-state index is 13.4. The molecule has 8 nitrogen and oxygen atoms in total. The van der Waals surface area contributed by atoms with Gasteiger partial charge in [-0.15, -0.1) is 0 Å². The van der Waals surface area contributed by atoms with Crippen LogP contribution in [-0.2, 0) is 34.8 Å². The molecule has 1 aliphatic heterocycles. The van der Waals surface area contributed by atoms with Crippen molar-refractivity contribution < 1.29 is 22.7 Å². The van der Waals surface area contributed by atoms with E-state index in [0.29, 0.717) is 23.4 Å². The van der Waals surface area contributed by atoms with Crippen LogP contribution in [0.5, 0.6) is 5.75 Å². The monoisotopic (exact) mass is 407 g/mol. The average Bonchev–Trinajstić information content (AvgIpc) is 2.98. The molecule has 0 saturated carbocycles. The lowest BCUT2D eigenvalue weighted by atomic mass is 10.1. The van der Waals surface area contributed by atoms with E-state index in [2.05, 4.69) is 5.10 Å². The van der Waals surface area contributed by atoms with Crippen molar-refractivity contribution in [3.63, 3.8) is 0 Å². The summed E-state index contributed by atoms with van der Waals surface area (Å²) in [5.74, 6) is -0.188. The fraction of sp³-hybridized carbons (Fsp3) is 0.474. The summed E-state index contributed by atoms with van der Waals surface area (Å²) in [7, 11) is -0.695. The number of fused-ring (bicyclic) bond motifs is 1. The Labute approximate surface area is 165 Å². The summed E-state index contributed by atoms with van der Waals surface area (Å²) in [6.07, 6.45) is 0.426. The highest BCUT2D eigenvalue weighted by atomic mass is 32.2. The van der Waals surface area contributed by atoms with Crippen molar-refractivity contribution >= 4 is 16.0 Å². The van der Waals surface area contributed by atoms with Crippen LogP contribution in [-0.4, -0.2) is 48.7 Å². The molecule has 0 radical (unpaired) electrons. The zero-order chi connectivity index (χ0) is 20.6. The van der Waals surface area contributed by atoms with Gasteiger partial charge in [-0.3, -0.25) is 4.68 Å². The molecular formula is C19H25N3O5S. The minimum Gasteiger partial charge on any atom is -0.495 e. The van der Waals surface area contributed by atoms with Gasteiger partial charge in [0.1, 0.15) is 10.6 Å². The molecule has 0 unspecified atom stereocenters. The van der Waals surface area contributed by atoms with Crippen LogP contribution in [0.2, 0.25) is 0 Å². The van der Waals surface area contributed by atoms with Gasteiger partial charge in [-0.1, -0.05) is 0 Å². The predicted octanol–water partition coefficient (Wildman–Crippen LogP) is 1.97. The maximum Gasteiger partial charge on any atom is 0.356 e. The molecule has 3 rings (SSSR count). The molecule has 28 heavy (non-hydrogen) atoms. The van der Waals surface area contributed by atoms with Gasteiger partial charge in [-0.25, -0.2) is 13.2 Å². The number of sulfonamides is 1. The van der Waals surface area contributed by atoms with Gasteiger partial charge in [-0.05, 0) is 44.0 Å². The normalized spacial score (nSPS) is 14.6. The van der Waals surface area contributed by atoms with E-state index in [-0.39, 0.29) is 24.6 Å². The molecule has 2 aromatic rings. The van der Waals surface area contributed by atoms with Crippen LogP contribution in [0.3, 0.4) is 0 Å². The molecule has 1 aliphatic rings. The third kappa shape index (κ3) is 3.40. The smallest absolute Gasteiger partial charge is 0.356 e. The number of carbonyl (C=O) groups is 1. The van der Waals surface area contributed by atoms with E-state index in [1.165, 1.54) is 16.1 Å². The lowest BCUT2D eigenvalue weighted by molar-refractivity contribution is 0.0511. The Balaban J connectivity index is 2.02. The van der Waals surface area contributed by atoms with Crippen LogP contribution >= 0.6 is 0 Å². The molecule has 0 saturated heterocycles. The fourth-order valence-corrected chi connectivity index (χ4v) is 5.03. The van der Waals surface area contributed by atoms with Crippen LogP contribution in [0.15, 0.2) is 17.0 Å². The molecule has 0 N–H and O–H groups in total. The van der Waals surface area contributed by atoms with Crippen molar-refractivity contribution in [3.05, 3.63) is 40.2 Å². The Morgan fingerprint density at radius 2 is 1.93 bits per heavy atom. The van der Waals surface area contributed by atoms with Crippen molar-refractivity contribution in [2.24, 2.45) is 7.05 Å². The van der Waals surface area contributed by atoms with Crippen molar-refractivity contribution in [1.82, 2.24) is 14.1 Å². The van der Waals surface area contributed by atoms with Crippen molar-refractivity contribution in [3.8, 4) is 5.75 Å². The zero-order valence-electron chi connectivity index (χ0n) is 16.8. The number of aromatic nitrogens is 2. The number of aryl methyl sites for hydroxylation is 3. The lowest BCUT2D eigenvalue weighted by Crippen LogP contribution is -2.36. The number of ether oxygens (including phenoxy) is 2. The fourth-order valence-electron chi connectivity index (χ4n) is 3.40. The second-order valence-corrected chi connectivity index (χ2v) is 8.70. The van der Waals surface area contributed by atoms with Gasteiger partial charge in [0.25, 0.3) is 0 Å². The summed E-state index contributed by atoms with van der Waals surface area (Å²) in [6, 6.07) is 3.36. The van der Waals surface area contributed by atoms with Gasteiger partial charge in [0.05, 0.1) is 19.4 Å². The summed E-state index contributed by atoms with van der Waals surface area (Å²) >= 11 is 0. The second kappa shape index (κ2) is 7.56. The minimum absolute atomic E-state index is 0.0652. The van der Waals surface area contributed by atoms with E-state index in [0.717, 1.165) is 16.8 Å². The molecule has 0 fully saturated rings. The Bertz CT molecular complexity index is 1030. The number of hydrogen-bond acceptors (Lipinski definition) is 6. The first-order chi connectivity index (χ1) is 13.2. The van der Waals surface area contributed by atoms with E-state index in [1.54, 1.807) is 26.1 Å². The Morgan fingerprint density at radius 3 is 2.57 bits per heavy atom. The van der Waals surface area contributed by atoms with E-state index < -0.39 is 16.0 Å². The maximum absolute atomic E-state index is 13.4. The number of rotatable bonds is 5. The van der Waals surface area contributed by atoms with Crippen LogP contribution in [0.25, 0.3) is 0 Å². The standard InChI is InChI=1S/C19H25N3O5S/c1-6-27-19(23)18-14-11-22(8-7-15(14)20-21(18)4)28(24,25)17-10-13(3)12(2)9-16(17)26-5/h9-10H,6-8,11H2,1-5H3. The van der Waals surface area contributed by atoms with Gasteiger partial charge in [0.15, 0.2) is 5.69 Å². The molecule has 0 amide bonds. The van der Waals surface area contributed by atoms with Crippen LogP contribution in [0.4, 0.5) is 0 Å². The van der Waals surface area contributed by atoms with Crippen LogP contribution in [0.1, 0.15) is 39.8 Å². The number of hydrogen-bond donors (Lipinski definition) is 0. The molecule has 9 heteroatoms. The van der Waals surface area contributed by atoms with Crippen molar-refractivity contribution in [2.75, 3.05) is 20.3 Å². The van der Waals surface area contributed by atoms with Gasteiger partial charge >= 0.3 is 5.97 Å². The lowest BCUT2D eigenvalue weighted by Gasteiger charge is -2.27. The van der Waals surface area contributed by atoms with Crippen LogP contribution < -0.4 is 4.74 Å². The molecule has 1 aromatic heterocycles.